The van der Waals surface area contributed by atoms with Gasteiger partial charge >= 0.3 is 5.97 Å². The van der Waals surface area contributed by atoms with E-state index in [0.717, 1.165) is 12.0 Å². The lowest BCUT2D eigenvalue weighted by molar-refractivity contribution is -0.153. The first-order valence-corrected chi connectivity index (χ1v) is 6.57. The third kappa shape index (κ3) is 3.70. The fourth-order valence-electron chi connectivity index (χ4n) is 1.56. The first kappa shape index (κ1) is 16.0. The molecule has 1 amide bonds. The summed E-state index contributed by atoms with van der Waals surface area (Å²) in [7, 11) is 1.49. The van der Waals surface area contributed by atoms with Crippen molar-refractivity contribution in [2.45, 2.75) is 32.7 Å². The fraction of sp³-hybridized carbons (Fsp3) is 0.375. The third-order valence-electron chi connectivity index (χ3n) is 3.50. The van der Waals surface area contributed by atoms with Gasteiger partial charge in [-0.3, -0.25) is 4.79 Å². The summed E-state index contributed by atoms with van der Waals surface area (Å²) in [5.74, 6) is -1.37. The van der Waals surface area contributed by atoms with Crippen LogP contribution in [0.1, 0.15) is 31.9 Å². The van der Waals surface area contributed by atoms with Gasteiger partial charge in [0, 0.05) is 13.1 Å². The Bertz CT molecular complexity index is 515. The number of nitrogens with zero attached hydrogens (tertiary/aromatic N) is 1. The molecule has 4 nitrogen and oxygen atoms in total. The number of carboxylic acid groups (broad SMARTS) is 1. The largest absolute Gasteiger partial charge is 0.480 e. The van der Waals surface area contributed by atoms with Gasteiger partial charge in [0.05, 0.1) is 0 Å². The van der Waals surface area contributed by atoms with Crippen molar-refractivity contribution in [3.63, 3.8) is 0 Å². The van der Waals surface area contributed by atoms with Crippen molar-refractivity contribution in [1.82, 2.24) is 4.90 Å². The Kier molecular flexibility index (Phi) is 5.08. The Morgan fingerprint density at radius 1 is 1.25 bits per heavy atom. The summed E-state index contributed by atoms with van der Waals surface area (Å²) in [6.07, 6.45) is 4.06. The molecule has 0 saturated heterocycles. The van der Waals surface area contributed by atoms with Gasteiger partial charge in [-0.05, 0) is 37.5 Å². The zero-order chi connectivity index (χ0) is 15.3. The van der Waals surface area contributed by atoms with E-state index >= 15 is 0 Å². The molecule has 1 rings (SSSR count). The van der Waals surface area contributed by atoms with Crippen LogP contribution in [0, 0.1) is 0 Å². The predicted octanol–water partition coefficient (Wildman–Crippen LogP) is 2.58. The molecule has 0 radical (unpaired) electrons. The summed E-state index contributed by atoms with van der Waals surface area (Å²) in [4.78, 5) is 24.3. The number of aryl methyl sites for hydroxylation is 1. The second-order valence-corrected chi connectivity index (χ2v) is 5.19. The number of aliphatic carboxylic acids is 1. The number of hydrogen-bond donors (Lipinski definition) is 1. The van der Waals surface area contributed by atoms with Crippen molar-refractivity contribution in [2.24, 2.45) is 0 Å². The molecule has 0 unspecified atom stereocenters. The Morgan fingerprint density at radius 2 is 1.80 bits per heavy atom. The molecular formula is C16H21NO3. The number of carbonyl (C=O) groups excluding carboxylic acids is 1. The zero-order valence-electron chi connectivity index (χ0n) is 12.4. The molecule has 0 aliphatic carbocycles. The zero-order valence-corrected chi connectivity index (χ0v) is 12.4. The lowest BCUT2D eigenvalue weighted by Crippen LogP contribution is -2.50. The number of hydrogen-bond acceptors (Lipinski definition) is 2. The Labute approximate surface area is 119 Å². The smallest absolute Gasteiger partial charge is 0.329 e. The average Bonchev–Trinajstić information content (AvgIpc) is 2.44. The Morgan fingerprint density at radius 3 is 2.25 bits per heavy atom. The standard InChI is InChI=1S/C16H21NO3/c1-5-12-6-8-13(9-7-12)10-11-14(18)17(4)16(2,3)15(19)20/h6-11H,5H2,1-4H3,(H,19,20). The highest BCUT2D eigenvalue weighted by atomic mass is 16.4. The summed E-state index contributed by atoms with van der Waals surface area (Å²) in [5.41, 5.74) is 0.919. The molecule has 0 atom stereocenters. The highest BCUT2D eigenvalue weighted by Crippen LogP contribution is 2.14. The lowest BCUT2D eigenvalue weighted by Gasteiger charge is -2.30. The van der Waals surface area contributed by atoms with Gasteiger partial charge in [0.2, 0.25) is 5.91 Å². The van der Waals surface area contributed by atoms with Gasteiger partial charge in [0.15, 0.2) is 0 Å². The van der Waals surface area contributed by atoms with Crippen LogP contribution in [-0.4, -0.2) is 34.5 Å². The van der Waals surface area contributed by atoms with Crippen LogP contribution in [0.15, 0.2) is 30.3 Å². The number of carboxylic acids is 1. The molecule has 0 aliphatic heterocycles. The Balaban J connectivity index is 2.79. The summed E-state index contributed by atoms with van der Waals surface area (Å²) in [6.45, 7) is 5.07. The van der Waals surface area contributed by atoms with Crippen molar-refractivity contribution in [2.75, 3.05) is 7.05 Å². The van der Waals surface area contributed by atoms with Crippen LogP contribution in [0.25, 0.3) is 6.08 Å². The highest BCUT2D eigenvalue weighted by molar-refractivity contribution is 5.95. The Hall–Kier alpha value is -2.10. The van der Waals surface area contributed by atoms with Crippen molar-refractivity contribution < 1.29 is 14.7 Å². The fourth-order valence-corrected chi connectivity index (χ4v) is 1.56. The summed E-state index contributed by atoms with van der Waals surface area (Å²) in [5, 5.41) is 9.09. The molecular weight excluding hydrogens is 254 g/mol. The van der Waals surface area contributed by atoms with Crippen molar-refractivity contribution in [3.8, 4) is 0 Å². The van der Waals surface area contributed by atoms with Crippen LogP contribution < -0.4 is 0 Å². The van der Waals surface area contributed by atoms with Crippen molar-refractivity contribution in [3.05, 3.63) is 41.5 Å². The molecule has 0 heterocycles. The van der Waals surface area contributed by atoms with Crippen molar-refractivity contribution in [1.29, 1.82) is 0 Å². The predicted molar refractivity (Wildman–Crippen MR) is 79.3 cm³/mol. The molecule has 0 aliphatic rings. The molecule has 0 saturated carbocycles. The molecule has 0 spiro atoms. The molecule has 0 bridgehead atoms. The van der Waals surface area contributed by atoms with E-state index in [-0.39, 0.29) is 5.91 Å². The minimum Gasteiger partial charge on any atom is -0.480 e. The maximum Gasteiger partial charge on any atom is 0.329 e. The van der Waals surface area contributed by atoms with Gasteiger partial charge in [0.1, 0.15) is 5.54 Å². The number of rotatable bonds is 5. The lowest BCUT2D eigenvalue weighted by atomic mass is 10.0. The van der Waals surface area contributed by atoms with E-state index in [1.54, 1.807) is 6.08 Å². The van der Waals surface area contributed by atoms with Gasteiger partial charge < -0.3 is 10.0 Å². The maximum absolute atomic E-state index is 12.0. The van der Waals surface area contributed by atoms with Crippen LogP contribution in [0.5, 0.6) is 0 Å². The van der Waals surface area contributed by atoms with Gasteiger partial charge in [-0.2, -0.15) is 0 Å². The van der Waals surface area contributed by atoms with Crippen molar-refractivity contribution >= 4 is 18.0 Å². The van der Waals surface area contributed by atoms with E-state index in [0.29, 0.717) is 0 Å². The van der Waals surface area contributed by atoms with Gasteiger partial charge in [-0.1, -0.05) is 31.2 Å². The minimum absolute atomic E-state index is 0.336. The number of benzene rings is 1. The summed E-state index contributed by atoms with van der Waals surface area (Å²) < 4.78 is 0. The normalized spacial score (nSPS) is 11.6. The summed E-state index contributed by atoms with van der Waals surface area (Å²) in [6, 6.07) is 7.89. The molecule has 0 aromatic heterocycles. The molecule has 4 heteroatoms. The molecule has 1 N–H and O–H groups in total. The first-order chi connectivity index (χ1) is 9.28. The van der Waals surface area contributed by atoms with E-state index in [4.69, 9.17) is 5.11 Å². The molecule has 1 aromatic rings. The SMILES string of the molecule is CCc1ccc(C=CC(=O)N(C)C(C)(C)C(=O)O)cc1. The van der Waals surface area contributed by atoms with E-state index in [9.17, 15) is 9.59 Å². The van der Waals surface area contributed by atoms with E-state index in [2.05, 4.69) is 6.92 Å². The van der Waals surface area contributed by atoms with E-state index < -0.39 is 11.5 Å². The number of amides is 1. The van der Waals surface area contributed by atoms with Gasteiger partial charge in [-0.25, -0.2) is 4.79 Å². The number of carbonyl (C=O) groups is 2. The monoisotopic (exact) mass is 275 g/mol. The highest BCUT2D eigenvalue weighted by Gasteiger charge is 2.34. The second kappa shape index (κ2) is 6.37. The first-order valence-electron chi connectivity index (χ1n) is 6.57. The van der Waals surface area contributed by atoms with Gasteiger partial charge in [-0.15, -0.1) is 0 Å². The molecule has 108 valence electrons. The van der Waals surface area contributed by atoms with Crippen LogP contribution in [0.2, 0.25) is 0 Å². The third-order valence-corrected chi connectivity index (χ3v) is 3.50. The van der Waals surface area contributed by atoms with Crippen LogP contribution in [-0.2, 0) is 16.0 Å². The molecule has 20 heavy (non-hydrogen) atoms. The van der Waals surface area contributed by atoms with Crippen LogP contribution in [0.3, 0.4) is 0 Å². The van der Waals surface area contributed by atoms with Gasteiger partial charge in [0.25, 0.3) is 0 Å². The molecule has 1 aromatic carbocycles. The average molecular weight is 275 g/mol. The second-order valence-electron chi connectivity index (χ2n) is 5.19. The minimum atomic E-state index is -1.23. The molecule has 0 fully saturated rings. The van der Waals surface area contributed by atoms with E-state index in [1.807, 2.05) is 24.3 Å². The van der Waals surface area contributed by atoms with Crippen LogP contribution in [0.4, 0.5) is 0 Å². The number of likely N-dealkylation sites (N-methyl/N-ethyl adjacent to an activating group) is 1. The summed E-state index contributed by atoms with van der Waals surface area (Å²) >= 11 is 0. The quantitative estimate of drug-likeness (QED) is 0.840. The van der Waals surface area contributed by atoms with Crippen LogP contribution >= 0.6 is 0 Å². The van der Waals surface area contributed by atoms with E-state index in [1.165, 1.54) is 37.4 Å². The maximum atomic E-state index is 12.0. The topological polar surface area (TPSA) is 57.6 Å².